The quantitative estimate of drug-likeness (QED) is 0.505. The average molecular weight is 473 g/mol. The van der Waals surface area contributed by atoms with E-state index in [1.54, 1.807) is 4.90 Å². The first-order valence-corrected chi connectivity index (χ1v) is 12.9. The van der Waals surface area contributed by atoms with Gasteiger partial charge in [0.05, 0.1) is 5.75 Å². The van der Waals surface area contributed by atoms with E-state index >= 15 is 0 Å². The van der Waals surface area contributed by atoms with E-state index in [9.17, 15) is 9.59 Å². The van der Waals surface area contributed by atoms with Gasteiger partial charge in [-0.2, -0.15) is 0 Å². The maximum absolute atomic E-state index is 13.2. The monoisotopic (exact) mass is 472 g/mol. The number of benzene rings is 2. The van der Waals surface area contributed by atoms with Crippen molar-refractivity contribution in [2.75, 3.05) is 5.75 Å². The van der Waals surface area contributed by atoms with Gasteiger partial charge in [0.1, 0.15) is 6.04 Å². The van der Waals surface area contributed by atoms with E-state index in [0.29, 0.717) is 23.1 Å². The van der Waals surface area contributed by atoms with Gasteiger partial charge in [0.15, 0.2) is 0 Å². The zero-order valence-electron chi connectivity index (χ0n) is 19.0. The van der Waals surface area contributed by atoms with Gasteiger partial charge < -0.3 is 10.2 Å². The Morgan fingerprint density at radius 3 is 2.59 bits per heavy atom. The second-order valence-electron chi connectivity index (χ2n) is 8.61. The van der Waals surface area contributed by atoms with Crippen LogP contribution in [0.15, 0.2) is 48.5 Å². The molecule has 1 unspecified atom stereocenters. The van der Waals surface area contributed by atoms with Gasteiger partial charge in [-0.15, -0.1) is 11.8 Å². The van der Waals surface area contributed by atoms with Crippen LogP contribution in [0.4, 0.5) is 0 Å². The lowest BCUT2D eigenvalue weighted by molar-refractivity contribution is -0.139. The number of carbonyl (C=O) groups is 2. The highest BCUT2D eigenvalue weighted by molar-refractivity contribution is 7.99. The molecule has 2 aromatic carbocycles. The number of hydrogen-bond acceptors (Lipinski definition) is 3. The number of rotatable bonds is 9. The molecule has 1 aliphatic carbocycles. The van der Waals surface area contributed by atoms with Gasteiger partial charge in [0.25, 0.3) is 0 Å². The number of aryl methyl sites for hydroxylation is 1. The first kappa shape index (κ1) is 24.7. The molecule has 1 aliphatic rings. The summed E-state index contributed by atoms with van der Waals surface area (Å²) in [6.45, 7) is 4.30. The van der Waals surface area contributed by atoms with Crippen LogP contribution in [-0.2, 0) is 21.9 Å². The molecule has 1 saturated carbocycles. The van der Waals surface area contributed by atoms with Gasteiger partial charge in [-0.25, -0.2) is 0 Å². The summed E-state index contributed by atoms with van der Waals surface area (Å²) in [6.07, 6.45) is 5.60. The van der Waals surface area contributed by atoms with E-state index in [2.05, 4.69) is 11.4 Å². The largest absolute Gasteiger partial charge is 0.352 e. The van der Waals surface area contributed by atoms with Crippen molar-refractivity contribution in [1.82, 2.24) is 10.2 Å². The van der Waals surface area contributed by atoms with Gasteiger partial charge >= 0.3 is 0 Å². The summed E-state index contributed by atoms with van der Waals surface area (Å²) in [7, 11) is 0. The molecule has 0 saturated heterocycles. The third kappa shape index (κ3) is 7.28. The van der Waals surface area contributed by atoms with E-state index in [1.807, 2.05) is 56.3 Å². The molecule has 0 aromatic heterocycles. The van der Waals surface area contributed by atoms with Crippen LogP contribution in [-0.4, -0.2) is 34.6 Å². The SMILES string of the molecule is Cc1cccc(CN(C(=O)CSCc2ccccc2Cl)C(C)C(=O)NC2CCCCC2)c1. The lowest BCUT2D eigenvalue weighted by Gasteiger charge is -2.31. The minimum absolute atomic E-state index is 0.0325. The number of nitrogens with zero attached hydrogens (tertiary/aromatic N) is 1. The van der Waals surface area contributed by atoms with Crippen LogP contribution in [0.3, 0.4) is 0 Å². The number of hydrogen-bond donors (Lipinski definition) is 1. The van der Waals surface area contributed by atoms with E-state index < -0.39 is 6.04 Å². The third-order valence-corrected chi connectivity index (χ3v) is 7.33. The summed E-state index contributed by atoms with van der Waals surface area (Å²) in [5.74, 6) is 0.869. The van der Waals surface area contributed by atoms with Crippen LogP contribution in [0.25, 0.3) is 0 Å². The van der Waals surface area contributed by atoms with Crippen molar-refractivity contribution >= 4 is 35.2 Å². The summed E-state index contributed by atoms with van der Waals surface area (Å²) in [5, 5.41) is 3.90. The van der Waals surface area contributed by atoms with Gasteiger partial charge in [-0.3, -0.25) is 9.59 Å². The zero-order chi connectivity index (χ0) is 22.9. The highest BCUT2D eigenvalue weighted by Gasteiger charge is 2.28. The van der Waals surface area contributed by atoms with Crippen molar-refractivity contribution in [3.8, 4) is 0 Å². The maximum Gasteiger partial charge on any atom is 0.242 e. The third-order valence-electron chi connectivity index (χ3n) is 6.00. The van der Waals surface area contributed by atoms with Crippen molar-refractivity contribution in [1.29, 1.82) is 0 Å². The molecular formula is C26H33ClN2O2S. The topological polar surface area (TPSA) is 49.4 Å². The summed E-state index contributed by atoms with van der Waals surface area (Å²) in [5.41, 5.74) is 3.19. The Labute approximate surface area is 201 Å². The Kier molecular flexibility index (Phi) is 9.49. The molecule has 1 atom stereocenters. The van der Waals surface area contributed by atoms with Crippen LogP contribution >= 0.6 is 23.4 Å². The maximum atomic E-state index is 13.2. The lowest BCUT2D eigenvalue weighted by atomic mass is 9.95. The minimum atomic E-state index is -0.522. The summed E-state index contributed by atoms with van der Waals surface area (Å²) < 4.78 is 0. The molecule has 1 N–H and O–H groups in total. The summed E-state index contributed by atoms with van der Waals surface area (Å²) in [4.78, 5) is 28.0. The van der Waals surface area contributed by atoms with Gasteiger partial charge in [-0.05, 0) is 43.9 Å². The van der Waals surface area contributed by atoms with E-state index in [1.165, 1.54) is 18.2 Å². The predicted octanol–water partition coefficient (Wildman–Crippen LogP) is 5.75. The number of nitrogens with one attached hydrogen (secondary N) is 1. The Morgan fingerprint density at radius 1 is 1.12 bits per heavy atom. The van der Waals surface area contributed by atoms with E-state index in [-0.39, 0.29) is 17.9 Å². The highest BCUT2D eigenvalue weighted by Crippen LogP contribution is 2.22. The molecular weight excluding hydrogens is 440 g/mol. The van der Waals surface area contributed by atoms with Crippen molar-refractivity contribution in [2.24, 2.45) is 0 Å². The number of halogens is 1. The molecule has 4 nitrogen and oxygen atoms in total. The first-order valence-electron chi connectivity index (χ1n) is 11.4. The van der Waals surface area contributed by atoms with Crippen molar-refractivity contribution < 1.29 is 9.59 Å². The zero-order valence-corrected chi connectivity index (χ0v) is 20.6. The van der Waals surface area contributed by atoms with Gasteiger partial charge in [-0.1, -0.05) is 78.9 Å². The molecule has 2 amide bonds. The second-order valence-corrected chi connectivity index (χ2v) is 10.0. The highest BCUT2D eigenvalue weighted by atomic mass is 35.5. The molecule has 172 valence electrons. The van der Waals surface area contributed by atoms with Crippen molar-refractivity contribution in [2.45, 2.75) is 70.3 Å². The Bertz CT molecular complexity index is 914. The second kappa shape index (κ2) is 12.3. The molecule has 0 radical (unpaired) electrons. The minimum Gasteiger partial charge on any atom is -0.352 e. The molecule has 0 heterocycles. The molecule has 0 bridgehead atoms. The van der Waals surface area contributed by atoms with E-state index in [4.69, 9.17) is 11.6 Å². The fourth-order valence-corrected chi connectivity index (χ4v) is 5.30. The van der Waals surface area contributed by atoms with Crippen LogP contribution in [0.2, 0.25) is 5.02 Å². The van der Waals surface area contributed by atoms with Gasteiger partial charge in [0.2, 0.25) is 11.8 Å². The van der Waals surface area contributed by atoms with Gasteiger partial charge in [0, 0.05) is 23.4 Å². The first-order chi connectivity index (χ1) is 15.4. The number of carbonyl (C=O) groups excluding carboxylic acids is 2. The Hall–Kier alpha value is -1.98. The van der Waals surface area contributed by atoms with Crippen LogP contribution in [0.5, 0.6) is 0 Å². The Morgan fingerprint density at radius 2 is 1.88 bits per heavy atom. The summed E-state index contributed by atoms with van der Waals surface area (Å²) >= 11 is 7.78. The molecule has 6 heteroatoms. The van der Waals surface area contributed by atoms with Crippen LogP contribution in [0, 0.1) is 6.92 Å². The molecule has 0 spiro atoms. The normalized spacial score (nSPS) is 15.2. The standard InChI is InChI=1S/C26H33ClN2O2S/c1-19-9-8-10-21(15-19)16-29(20(2)26(31)28-23-12-4-3-5-13-23)25(30)18-32-17-22-11-6-7-14-24(22)27/h6-11,14-15,20,23H,3-5,12-13,16-18H2,1-2H3,(H,28,31). The molecule has 0 aliphatic heterocycles. The molecule has 3 rings (SSSR count). The van der Waals surface area contributed by atoms with E-state index in [0.717, 1.165) is 42.4 Å². The fraction of sp³-hybridized carbons (Fsp3) is 0.462. The van der Waals surface area contributed by atoms with Crippen LogP contribution in [0.1, 0.15) is 55.7 Å². The summed E-state index contributed by atoms with van der Waals surface area (Å²) in [6, 6.07) is 15.5. The molecule has 32 heavy (non-hydrogen) atoms. The predicted molar refractivity (Wildman–Crippen MR) is 134 cm³/mol. The number of thioether (sulfide) groups is 1. The Balaban J connectivity index is 1.66. The molecule has 2 aromatic rings. The van der Waals surface area contributed by atoms with Crippen molar-refractivity contribution in [3.05, 3.63) is 70.2 Å². The van der Waals surface area contributed by atoms with Crippen molar-refractivity contribution in [3.63, 3.8) is 0 Å². The number of amides is 2. The average Bonchev–Trinajstić information content (AvgIpc) is 2.79. The smallest absolute Gasteiger partial charge is 0.242 e. The van der Waals surface area contributed by atoms with Crippen LogP contribution < -0.4 is 5.32 Å². The fourth-order valence-electron chi connectivity index (χ4n) is 4.11. The lowest BCUT2D eigenvalue weighted by Crippen LogP contribution is -2.50. The molecule has 1 fully saturated rings.